The summed E-state index contributed by atoms with van der Waals surface area (Å²) in [5, 5.41) is 8.97. The van der Waals surface area contributed by atoms with Crippen molar-refractivity contribution < 1.29 is 14.6 Å². The molecule has 0 aliphatic rings. The van der Waals surface area contributed by atoms with Crippen LogP contribution in [-0.4, -0.2) is 37.1 Å². The third-order valence-electron chi connectivity index (χ3n) is 2.11. The Morgan fingerprint density at radius 3 is 2.40 bits per heavy atom. The maximum absolute atomic E-state index is 8.97. The second-order valence-corrected chi connectivity index (χ2v) is 4.13. The van der Waals surface area contributed by atoms with Gasteiger partial charge in [-0.1, -0.05) is 26.2 Å². The highest BCUT2D eigenvalue weighted by Gasteiger charge is 2.03. The third-order valence-corrected chi connectivity index (χ3v) is 2.11. The van der Waals surface area contributed by atoms with E-state index in [2.05, 4.69) is 6.92 Å². The molecule has 0 heterocycles. The number of rotatable bonds is 10. The molecule has 3 heteroatoms. The Bertz CT molecular complexity index is 126. The zero-order chi connectivity index (χ0) is 11.5. The van der Waals surface area contributed by atoms with Crippen molar-refractivity contribution in [3.8, 4) is 0 Å². The summed E-state index contributed by atoms with van der Waals surface area (Å²) in [5.41, 5.74) is 0. The summed E-state index contributed by atoms with van der Waals surface area (Å²) in [7, 11) is 0. The second-order valence-electron chi connectivity index (χ2n) is 4.13. The van der Waals surface area contributed by atoms with Crippen molar-refractivity contribution in [2.45, 2.75) is 58.7 Å². The zero-order valence-corrected chi connectivity index (χ0v) is 10.4. The van der Waals surface area contributed by atoms with Gasteiger partial charge in [0.15, 0.2) is 0 Å². The molecule has 0 aliphatic carbocycles. The first kappa shape index (κ1) is 14.9. The quantitative estimate of drug-likeness (QED) is 0.572. The second kappa shape index (κ2) is 10.4. The van der Waals surface area contributed by atoms with Crippen LogP contribution in [0, 0.1) is 0 Å². The molecule has 0 aromatic heterocycles. The summed E-state index contributed by atoms with van der Waals surface area (Å²) in [6.07, 6.45) is 4.67. The molecule has 3 nitrogen and oxygen atoms in total. The highest BCUT2D eigenvalue weighted by Crippen LogP contribution is 2.01. The summed E-state index contributed by atoms with van der Waals surface area (Å²) in [6.45, 7) is 7.70. The maximum atomic E-state index is 8.97. The van der Waals surface area contributed by atoms with E-state index in [1.165, 1.54) is 19.3 Å². The van der Waals surface area contributed by atoms with Gasteiger partial charge in [0.25, 0.3) is 0 Å². The molecule has 0 aromatic rings. The molecule has 0 spiro atoms. The molecule has 2 atom stereocenters. The monoisotopic (exact) mass is 218 g/mol. The lowest BCUT2D eigenvalue weighted by Gasteiger charge is -2.14. The Morgan fingerprint density at radius 1 is 1.07 bits per heavy atom. The van der Waals surface area contributed by atoms with Crippen molar-refractivity contribution >= 4 is 0 Å². The van der Waals surface area contributed by atoms with E-state index in [1.54, 1.807) is 6.92 Å². The average molecular weight is 218 g/mol. The van der Waals surface area contributed by atoms with E-state index in [4.69, 9.17) is 14.6 Å². The summed E-state index contributed by atoms with van der Waals surface area (Å²) in [4.78, 5) is 0. The van der Waals surface area contributed by atoms with Crippen LogP contribution in [0.1, 0.15) is 46.5 Å². The van der Waals surface area contributed by atoms with Crippen LogP contribution in [0.3, 0.4) is 0 Å². The lowest BCUT2D eigenvalue weighted by molar-refractivity contribution is -0.0291. The SMILES string of the molecule is CCCCCCOC(C)COCC(C)O. The fourth-order valence-electron chi connectivity index (χ4n) is 1.27. The van der Waals surface area contributed by atoms with Crippen LogP contribution in [0.2, 0.25) is 0 Å². The van der Waals surface area contributed by atoms with Gasteiger partial charge < -0.3 is 14.6 Å². The van der Waals surface area contributed by atoms with Crippen molar-refractivity contribution in [1.82, 2.24) is 0 Å². The van der Waals surface area contributed by atoms with Crippen molar-refractivity contribution in [3.63, 3.8) is 0 Å². The Hall–Kier alpha value is -0.120. The first-order valence-electron chi connectivity index (χ1n) is 6.04. The van der Waals surface area contributed by atoms with Crippen molar-refractivity contribution in [1.29, 1.82) is 0 Å². The van der Waals surface area contributed by atoms with E-state index in [0.717, 1.165) is 13.0 Å². The topological polar surface area (TPSA) is 38.7 Å². The van der Waals surface area contributed by atoms with E-state index in [-0.39, 0.29) is 12.2 Å². The van der Waals surface area contributed by atoms with E-state index in [1.807, 2.05) is 6.92 Å². The Labute approximate surface area is 93.8 Å². The van der Waals surface area contributed by atoms with Gasteiger partial charge in [0.1, 0.15) is 0 Å². The molecular weight excluding hydrogens is 192 g/mol. The smallest absolute Gasteiger partial charge is 0.0780 e. The van der Waals surface area contributed by atoms with Gasteiger partial charge in [-0.15, -0.1) is 0 Å². The molecule has 0 aromatic carbocycles. The largest absolute Gasteiger partial charge is 0.391 e. The van der Waals surface area contributed by atoms with Crippen LogP contribution in [-0.2, 0) is 9.47 Å². The number of unbranched alkanes of at least 4 members (excludes halogenated alkanes) is 3. The Balaban J connectivity index is 3.15. The highest BCUT2D eigenvalue weighted by atomic mass is 16.5. The van der Waals surface area contributed by atoms with Crippen LogP contribution < -0.4 is 0 Å². The first-order chi connectivity index (χ1) is 7.16. The minimum Gasteiger partial charge on any atom is -0.391 e. The zero-order valence-electron chi connectivity index (χ0n) is 10.4. The van der Waals surface area contributed by atoms with Gasteiger partial charge in [-0.05, 0) is 20.3 Å². The number of hydrogen-bond donors (Lipinski definition) is 1. The van der Waals surface area contributed by atoms with Gasteiger partial charge in [0.2, 0.25) is 0 Å². The number of hydrogen-bond acceptors (Lipinski definition) is 3. The van der Waals surface area contributed by atoms with Crippen LogP contribution >= 0.6 is 0 Å². The summed E-state index contributed by atoms with van der Waals surface area (Å²) in [5.74, 6) is 0. The Kier molecular flexibility index (Phi) is 10.3. The minimum absolute atomic E-state index is 0.130. The fraction of sp³-hybridized carbons (Fsp3) is 1.00. The third kappa shape index (κ3) is 11.8. The molecule has 0 saturated carbocycles. The van der Waals surface area contributed by atoms with Crippen molar-refractivity contribution in [2.75, 3.05) is 19.8 Å². The summed E-state index contributed by atoms with van der Waals surface area (Å²) in [6, 6.07) is 0. The predicted molar refractivity (Wildman–Crippen MR) is 62.1 cm³/mol. The lowest BCUT2D eigenvalue weighted by Crippen LogP contribution is -2.20. The minimum atomic E-state index is -0.387. The fourth-order valence-corrected chi connectivity index (χ4v) is 1.27. The van der Waals surface area contributed by atoms with Crippen LogP contribution in [0.5, 0.6) is 0 Å². The van der Waals surface area contributed by atoms with Gasteiger partial charge in [-0.3, -0.25) is 0 Å². The number of ether oxygens (including phenoxy) is 2. The molecule has 0 rings (SSSR count). The Morgan fingerprint density at radius 2 is 1.80 bits per heavy atom. The van der Waals surface area contributed by atoms with Crippen LogP contribution in [0.4, 0.5) is 0 Å². The summed E-state index contributed by atoms with van der Waals surface area (Å²) >= 11 is 0. The number of aliphatic hydroxyl groups is 1. The van der Waals surface area contributed by atoms with E-state index in [9.17, 15) is 0 Å². The van der Waals surface area contributed by atoms with Crippen LogP contribution in [0.15, 0.2) is 0 Å². The maximum Gasteiger partial charge on any atom is 0.0780 e. The molecule has 15 heavy (non-hydrogen) atoms. The van der Waals surface area contributed by atoms with E-state index in [0.29, 0.717) is 13.2 Å². The molecule has 0 radical (unpaired) electrons. The van der Waals surface area contributed by atoms with Gasteiger partial charge in [0.05, 0.1) is 25.4 Å². The average Bonchev–Trinajstić information content (AvgIpc) is 2.17. The summed E-state index contributed by atoms with van der Waals surface area (Å²) < 4.78 is 10.8. The van der Waals surface area contributed by atoms with Gasteiger partial charge in [-0.2, -0.15) is 0 Å². The van der Waals surface area contributed by atoms with Crippen molar-refractivity contribution in [3.05, 3.63) is 0 Å². The number of aliphatic hydroxyl groups excluding tert-OH is 1. The normalized spacial score (nSPS) is 15.2. The molecule has 2 unspecified atom stereocenters. The lowest BCUT2D eigenvalue weighted by atomic mass is 10.2. The highest BCUT2D eigenvalue weighted by molar-refractivity contribution is 4.50. The standard InChI is InChI=1S/C12H26O3/c1-4-5-6-7-8-15-12(3)10-14-9-11(2)13/h11-13H,4-10H2,1-3H3. The van der Waals surface area contributed by atoms with Gasteiger partial charge in [-0.25, -0.2) is 0 Å². The van der Waals surface area contributed by atoms with E-state index < -0.39 is 0 Å². The molecule has 92 valence electrons. The molecule has 0 saturated heterocycles. The van der Waals surface area contributed by atoms with E-state index >= 15 is 0 Å². The predicted octanol–water partition coefficient (Wildman–Crippen LogP) is 2.37. The molecule has 0 fully saturated rings. The molecule has 0 bridgehead atoms. The first-order valence-corrected chi connectivity index (χ1v) is 6.04. The van der Waals surface area contributed by atoms with Gasteiger partial charge >= 0.3 is 0 Å². The van der Waals surface area contributed by atoms with Crippen LogP contribution in [0.25, 0.3) is 0 Å². The van der Waals surface area contributed by atoms with Crippen molar-refractivity contribution in [2.24, 2.45) is 0 Å². The molecule has 1 N–H and O–H groups in total. The molecule has 0 amide bonds. The molecule has 0 aliphatic heterocycles. The molecular formula is C12H26O3. The van der Waals surface area contributed by atoms with Gasteiger partial charge in [0, 0.05) is 6.61 Å².